The summed E-state index contributed by atoms with van der Waals surface area (Å²) in [7, 11) is -4.02. The highest BCUT2D eigenvalue weighted by atomic mass is 32.2. The Kier molecular flexibility index (Phi) is 6.31. The second kappa shape index (κ2) is 9.03. The summed E-state index contributed by atoms with van der Waals surface area (Å²) in [6.45, 7) is 0.167. The normalized spacial score (nSPS) is 16.0. The van der Waals surface area contributed by atoms with Gasteiger partial charge in [-0.05, 0) is 36.4 Å². The van der Waals surface area contributed by atoms with Crippen molar-refractivity contribution in [3.63, 3.8) is 0 Å². The Morgan fingerprint density at radius 2 is 1.64 bits per heavy atom. The lowest BCUT2D eigenvalue weighted by Crippen LogP contribution is -2.41. The number of carbonyl (C=O) groups excluding carboxylic acids is 1. The Morgan fingerprint density at radius 1 is 0.970 bits per heavy atom. The van der Waals surface area contributed by atoms with E-state index in [1.54, 1.807) is 0 Å². The number of benzene rings is 3. The first kappa shape index (κ1) is 23.1. The second-order valence-corrected chi connectivity index (χ2v) is 9.65. The molecule has 0 atom stereocenters. The molecule has 1 heterocycles. The molecule has 1 aliphatic rings. The van der Waals surface area contributed by atoms with Crippen molar-refractivity contribution in [1.82, 2.24) is 4.31 Å². The number of amides is 1. The van der Waals surface area contributed by atoms with Crippen molar-refractivity contribution in [2.24, 2.45) is 5.92 Å². The summed E-state index contributed by atoms with van der Waals surface area (Å²) in [6.07, 6.45) is -4.32. The lowest BCUT2D eigenvalue weighted by Gasteiger charge is -2.30. The van der Waals surface area contributed by atoms with E-state index in [0.29, 0.717) is 18.5 Å². The fourth-order valence-corrected chi connectivity index (χ4v) is 5.41. The third-order valence-corrected chi connectivity index (χ3v) is 7.44. The van der Waals surface area contributed by atoms with E-state index in [2.05, 4.69) is 10.1 Å². The summed E-state index contributed by atoms with van der Waals surface area (Å²) < 4.78 is 68.2. The number of hydrogen-bond donors (Lipinski definition) is 1. The molecule has 0 aliphatic carbocycles. The summed E-state index contributed by atoms with van der Waals surface area (Å²) in [5.41, 5.74) is 0.689. The largest absolute Gasteiger partial charge is 0.573 e. The Balaban J connectivity index is 1.42. The number of nitrogens with zero attached hydrogens (tertiary/aromatic N) is 1. The number of sulfonamides is 1. The fourth-order valence-electron chi connectivity index (χ4n) is 3.91. The van der Waals surface area contributed by atoms with Crippen molar-refractivity contribution >= 4 is 32.4 Å². The topological polar surface area (TPSA) is 75.7 Å². The minimum absolute atomic E-state index is 0.0836. The zero-order valence-corrected chi connectivity index (χ0v) is 18.2. The van der Waals surface area contributed by atoms with Gasteiger partial charge in [0.2, 0.25) is 15.9 Å². The van der Waals surface area contributed by atoms with Crippen LogP contribution in [0, 0.1) is 5.92 Å². The predicted octanol–water partition coefficient (Wildman–Crippen LogP) is 4.78. The molecule has 3 aromatic rings. The molecule has 1 fully saturated rings. The molecule has 4 rings (SSSR count). The smallest absolute Gasteiger partial charge is 0.406 e. The Labute approximate surface area is 189 Å². The van der Waals surface area contributed by atoms with Gasteiger partial charge in [0.1, 0.15) is 5.75 Å². The van der Waals surface area contributed by atoms with Crippen LogP contribution in [0.1, 0.15) is 12.8 Å². The molecular formula is C23H21F3N2O4S. The number of rotatable bonds is 5. The number of nitrogens with one attached hydrogen (secondary N) is 1. The highest BCUT2D eigenvalue weighted by Gasteiger charge is 2.34. The molecular weight excluding hydrogens is 457 g/mol. The number of carbonyl (C=O) groups is 1. The van der Waals surface area contributed by atoms with E-state index in [9.17, 15) is 26.4 Å². The van der Waals surface area contributed by atoms with E-state index in [1.807, 2.05) is 42.5 Å². The highest BCUT2D eigenvalue weighted by Crippen LogP contribution is 2.30. The maximum atomic E-state index is 12.9. The molecule has 10 heteroatoms. The standard InChI is InChI=1S/C23H21F3N2O4S/c24-23(25,26)32-18-7-4-8-19(15-18)33(30,31)28-13-11-17(12-14-28)22(29)27-21-10-3-6-16-5-1-2-9-20(16)21/h1-10,15,17H,11-14H2,(H,27,29). The summed E-state index contributed by atoms with van der Waals surface area (Å²) >= 11 is 0. The van der Waals surface area contributed by atoms with Crippen LogP contribution >= 0.6 is 0 Å². The molecule has 0 radical (unpaired) electrons. The number of alkyl halides is 3. The van der Waals surface area contributed by atoms with Gasteiger partial charge >= 0.3 is 6.36 Å². The van der Waals surface area contributed by atoms with E-state index in [0.717, 1.165) is 22.9 Å². The van der Waals surface area contributed by atoms with Crippen molar-refractivity contribution in [2.75, 3.05) is 18.4 Å². The van der Waals surface area contributed by atoms with Crippen LogP contribution < -0.4 is 10.1 Å². The number of anilines is 1. The van der Waals surface area contributed by atoms with E-state index in [-0.39, 0.29) is 29.8 Å². The van der Waals surface area contributed by atoms with E-state index in [1.165, 1.54) is 16.4 Å². The van der Waals surface area contributed by atoms with Gasteiger partial charge in [-0.3, -0.25) is 4.79 Å². The summed E-state index contributed by atoms with van der Waals surface area (Å²) in [5.74, 6) is -1.17. The second-order valence-electron chi connectivity index (χ2n) is 7.72. The highest BCUT2D eigenvalue weighted by molar-refractivity contribution is 7.89. The third-order valence-electron chi connectivity index (χ3n) is 5.55. The third kappa shape index (κ3) is 5.28. The van der Waals surface area contributed by atoms with Gasteiger partial charge in [0.25, 0.3) is 0 Å². The van der Waals surface area contributed by atoms with Gasteiger partial charge in [-0.1, -0.05) is 42.5 Å². The number of fused-ring (bicyclic) bond motifs is 1. The van der Waals surface area contributed by atoms with Crippen molar-refractivity contribution in [3.8, 4) is 5.75 Å². The van der Waals surface area contributed by atoms with Crippen LogP contribution in [-0.2, 0) is 14.8 Å². The first-order valence-electron chi connectivity index (χ1n) is 10.3. The molecule has 1 amide bonds. The van der Waals surface area contributed by atoms with Crippen molar-refractivity contribution in [2.45, 2.75) is 24.1 Å². The number of hydrogen-bond acceptors (Lipinski definition) is 4. The first-order valence-corrected chi connectivity index (χ1v) is 11.7. The van der Waals surface area contributed by atoms with E-state index in [4.69, 9.17) is 0 Å². The van der Waals surface area contributed by atoms with Crippen molar-refractivity contribution in [1.29, 1.82) is 0 Å². The molecule has 0 spiro atoms. The molecule has 0 aromatic heterocycles. The van der Waals surface area contributed by atoms with Gasteiger partial charge in [0.15, 0.2) is 0 Å². The van der Waals surface area contributed by atoms with Gasteiger partial charge < -0.3 is 10.1 Å². The first-order chi connectivity index (χ1) is 15.6. The molecule has 0 saturated carbocycles. The van der Waals surface area contributed by atoms with Crippen molar-refractivity contribution in [3.05, 3.63) is 66.7 Å². The van der Waals surface area contributed by atoms with E-state index < -0.39 is 22.1 Å². The maximum Gasteiger partial charge on any atom is 0.573 e. The van der Waals surface area contributed by atoms with Crippen LogP contribution in [0.3, 0.4) is 0 Å². The average molecular weight is 478 g/mol. The van der Waals surface area contributed by atoms with Gasteiger partial charge in [-0.15, -0.1) is 13.2 Å². The van der Waals surface area contributed by atoms with Crippen molar-refractivity contribution < 1.29 is 31.1 Å². The Hall–Kier alpha value is -3.11. The van der Waals surface area contributed by atoms with Gasteiger partial charge in [0, 0.05) is 36.1 Å². The zero-order chi connectivity index (χ0) is 23.6. The lowest BCUT2D eigenvalue weighted by molar-refractivity contribution is -0.274. The monoisotopic (exact) mass is 478 g/mol. The minimum atomic E-state index is -4.92. The molecule has 1 saturated heterocycles. The predicted molar refractivity (Wildman–Crippen MR) is 117 cm³/mol. The fraction of sp³-hybridized carbons (Fsp3) is 0.261. The van der Waals surface area contributed by atoms with E-state index >= 15 is 0 Å². The van der Waals surface area contributed by atoms with Crippen LogP contribution in [0.5, 0.6) is 5.75 Å². The average Bonchev–Trinajstić information content (AvgIpc) is 2.78. The van der Waals surface area contributed by atoms with Gasteiger partial charge in [-0.25, -0.2) is 8.42 Å². The van der Waals surface area contributed by atoms with Crippen LogP contribution in [0.25, 0.3) is 10.8 Å². The molecule has 33 heavy (non-hydrogen) atoms. The Bertz CT molecular complexity index is 1260. The molecule has 174 valence electrons. The SMILES string of the molecule is O=C(Nc1cccc2ccccc12)C1CCN(S(=O)(=O)c2cccc(OC(F)(F)F)c2)CC1. The number of piperidine rings is 1. The molecule has 1 aliphatic heterocycles. The molecule has 0 bridgehead atoms. The molecule has 1 N–H and O–H groups in total. The lowest BCUT2D eigenvalue weighted by atomic mass is 9.97. The summed E-state index contributed by atoms with van der Waals surface area (Å²) in [4.78, 5) is 12.5. The molecule has 3 aromatic carbocycles. The van der Waals surface area contributed by atoms with Crippen LogP contribution in [-0.4, -0.2) is 38.1 Å². The zero-order valence-electron chi connectivity index (χ0n) is 17.4. The van der Waals surface area contributed by atoms with Gasteiger partial charge in [-0.2, -0.15) is 4.31 Å². The molecule has 0 unspecified atom stereocenters. The minimum Gasteiger partial charge on any atom is -0.406 e. The van der Waals surface area contributed by atoms with Gasteiger partial charge in [0.05, 0.1) is 4.90 Å². The number of halogens is 3. The quantitative estimate of drug-likeness (QED) is 0.573. The Morgan fingerprint density at radius 3 is 2.36 bits per heavy atom. The van der Waals surface area contributed by atoms with Crippen LogP contribution in [0.2, 0.25) is 0 Å². The number of ether oxygens (including phenoxy) is 1. The van der Waals surface area contributed by atoms with Crippen LogP contribution in [0.15, 0.2) is 71.6 Å². The van der Waals surface area contributed by atoms with Crippen LogP contribution in [0.4, 0.5) is 18.9 Å². The summed E-state index contributed by atoms with van der Waals surface area (Å²) in [6, 6.07) is 17.6. The summed E-state index contributed by atoms with van der Waals surface area (Å²) in [5, 5.41) is 4.84. The molecule has 6 nitrogen and oxygen atoms in total. The maximum absolute atomic E-state index is 12.9.